The molecule has 17 heteroatoms. The second-order valence-electron chi connectivity index (χ2n) is 17.2. The Kier molecular flexibility index (Phi) is 13.8. The number of hydrogen-bond acceptors (Lipinski definition) is 13. The van der Waals surface area contributed by atoms with E-state index in [4.69, 9.17) is 26.4 Å². The van der Waals surface area contributed by atoms with Crippen LogP contribution in [0.5, 0.6) is 0 Å². The minimum Gasteiger partial charge on any atom is -0.386 e. The van der Waals surface area contributed by atoms with Gasteiger partial charge in [-0.25, -0.2) is 19.9 Å². The van der Waals surface area contributed by atoms with E-state index in [2.05, 4.69) is 57.6 Å². The Hall–Kier alpha value is -3.58. The highest BCUT2D eigenvalue weighted by molar-refractivity contribution is 5.69. The van der Waals surface area contributed by atoms with Crippen LogP contribution in [0.2, 0.25) is 0 Å². The number of methoxy groups -OCH3 is 1. The highest BCUT2D eigenvalue weighted by Crippen LogP contribution is 2.31. The lowest BCUT2D eigenvalue weighted by Crippen LogP contribution is -2.36. The molecule has 17 nitrogen and oxygen atoms in total. The van der Waals surface area contributed by atoms with Crippen molar-refractivity contribution in [2.75, 3.05) is 20.3 Å². The zero-order valence-electron chi connectivity index (χ0n) is 36.2. The van der Waals surface area contributed by atoms with E-state index >= 15 is 0 Å². The van der Waals surface area contributed by atoms with E-state index in [1.807, 2.05) is 62.3 Å². The van der Waals surface area contributed by atoms with Crippen molar-refractivity contribution in [2.45, 2.75) is 150 Å². The normalized spacial score (nSPS) is 23.9. The van der Waals surface area contributed by atoms with Crippen LogP contribution in [-0.4, -0.2) is 111 Å². The Bertz CT molecular complexity index is 1840. The minimum absolute atomic E-state index is 0.0417. The van der Waals surface area contributed by atoms with Gasteiger partial charge in [0.05, 0.1) is 55.3 Å². The number of imidazole rings is 2. The SMILES string of the molecule is CCC(C)(C)C.COC(C)(C)C.[2H]c1nc2c(=O)[nH]cnc2n1C1OCC(OC(C)(C)C)C1O.[2H]c1nc2c(=O)[nH]cnc2n1C1OCC(OC(C)(C)C)C1O. The zero-order chi connectivity index (χ0) is 42.6. The van der Waals surface area contributed by atoms with Gasteiger partial charge in [-0.2, -0.15) is 0 Å². The topological polar surface area (TPSA) is 214 Å². The Labute approximate surface area is 319 Å². The van der Waals surface area contributed by atoms with Gasteiger partial charge in [0.1, 0.15) is 27.2 Å². The van der Waals surface area contributed by atoms with Crippen molar-refractivity contribution < 1.29 is 36.6 Å². The molecular weight excluding hydrogens is 700 g/mol. The molecule has 4 aromatic heterocycles. The van der Waals surface area contributed by atoms with Crippen LogP contribution in [0.25, 0.3) is 22.3 Å². The van der Waals surface area contributed by atoms with Gasteiger partial charge in [-0.05, 0) is 67.7 Å². The summed E-state index contributed by atoms with van der Waals surface area (Å²) in [6.45, 7) is 26.7. The van der Waals surface area contributed by atoms with Gasteiger partial charge in [-0.1, -0.05) is 34.1 Å². The molecule has 2 saturated heterocycles. The van der Waals surface area contributed by atoms with E-state index in [1.54, 1.807) is 7.11 Å². The van der Waals surface area contributed by atoms with Crippen molar-refractivity contribution in [1.82, 2.24) is 39.0 Å². The molecule has 0 amide bonds. The largest absolute Gasteiger partial charge is 0.386 e. The first kappa shape index (κ1) is 41.6. The van der Waals surface area contributed by atoms with Gasteiger partial charge >= 0.3 is 0 Å². The van der Waals surface area contributed by atoms with E-state index < -0.39 is 59.2 Å². The van der Waals surface area contributed by atoms with E-state index in [9.17, 15) is 19.8 Å². The van der Waals surface area contributed by atoms with Crippen LogP contribution in [0.3, 0.4) is 0 Å². The molecule has 0 saturated carbocycles. The van der Waals surface area contributed by atoms with E-state index in [0.717, 1.165) is 0 Å². The summed E-state index contributed by atoms with van der Waals surface area (Å²) in [5.41, 5.74) is -0.657. The number of rotatable bonds is 4. The number of aliphatic hydroxyl groups is 2. The van der Waals surface area contributed by atoms with E-state index in [-0.39, 0.29) is 53.7 Å². The number of aromatic amines is 2. The number of ether oxygens (including phenoxy) is 5. The van der Waals surface area contributed by atoms with Crippen molar-refractivity contribution in [3.63, 3.8) is 0 Å². The molecule has 2 aliphatic rings. The van der Waals surface area contributed by atoms with Gasteiger partial charge in [0.2, 0.25) is 0 Å². The molecule has 6 atom stereocenters. The van der Waals surface area contributed by atoms with Gasteiger partial charge in [0, 0.05) is 7.11 Å². The van der Waals surface area contributed by atoms with Gasteiger partial charge < -0.3 is 43.9 Å². The monoisotopic (exact) mass is 764 g/mol. The summed E-state index contributed by atoms with van der Waals surface area (Å²) in [6.07, 6.45) is -1.40. The van der Waals surface area contributed by atoms with Crippen LogP contribution in [0.4, 0.5) is 0 Å². The maximum Gasteiger partial charge on any atom is 0.278 e. The van der Waals surface area contributed by atoms with Crippen LogP contribution in [0.15, 0.2) is 34.9 Å². The number of nitrogens with zero attached hydrogens (tertiary/aromatic N) is 6. The summed E-state index contributed by atoms with van der Waals surface area (Å²) < 4.78 is 46.1. The third-order valence-electron chi connectivity index (χ3n) is 8.01. The van der Waals surface area contributed by atoms with Crippen LogP contribution in [-0.2, 0) is 23.7 Å². The average Bonchev–Trinajstić information content (AvgIpc) is 3.80. The smallest absolute Gasteiger partial charge is 0.278 e. The summed E-state index contributed by atoms with van der Waals surface area (Å²) in [6, 6.07) is 0. The predicted molar refractivity (Wildman–Crippen MR) is 204 cm³/mol. The lowest BCUT2D eigenvalue weighted by atomic mass is 9.94. The number of aromatic nitrogens is 8. The first-order valence-corrected chi connectivity index (χ1v) is 18.0. The van der Waals surface area contributed by atoms with Crippen molar-refractivity contribution in [3.05, 3.63) is 46.0 Å². The van der Waals surface area contributed by atoms with Crippen LogP contribution in [0, 0.1) is 5.41 Å². The molecule has 0 aliphatic carbocycles. The minimum atomic E-state index is -0.984. The molecule has 54 heavy (non-hydrogen) atoms. The average molecular weight is 765 g/mol. The van der Waals surface area contributed by atoms with Crippen LogP contribution >= 0.6 is 0 Å². The van der Waals surface area contributed by atoms with Gasteiger partial charge in [0.25, 0.3) is 11.1 Å². The van der Waals surface area contributed by atoms with Gasteiger partial charge in [0.15, 0.2) is 34.8 Å². The summed E-state index contributed by atoms with van der Waals surface area (Å²) >= 11 is 0. The predicted octanol–water partition coefficient (Wildman–Crippen LogP) is 4.26. The number of fused-ring (bicyclic) bond motifs is 2. The Morgan fingerprint density at radius 1 is 0.722 bits per heavy atom. The third kappa shape index (κ3) is 12.7. The molecule has 2 aliphatic heterocycles. The zero-order valence-corrected chi connectivity index (χ0v) is 34.2. The molecule has 6 unspecified atom stereocenters. The van der Waals surface area contributed by atoms with E-state index in [0.29, 0.717) is 5.41 Å². The standard InChI is InChI=1S/2C13H18N4O4.C6H14.C5H12O/c2*1-13(2,3)21-7-4-20-12(9(7)18)17-6-16-8-10(17)14-5-15-11(8)19;1-5-6(2,3)4;1-5(2,3)6-4/h2*5-7,9,12,18H,4H2,1-3H3,(H,14,15,19);5H2,1-4H3;1-4H3/i2*6D;;. The van der Waals surface area contributed by atoms with E-state index in [1.165, 1.54) is 28.2 Å². The summed E-state index contributed by atoms with van der Waals surface area (Å²) in [7, 11) is 1.71. The van der Waals surface area contributed by atoms with Crippen molar-refractivity contribution in [2.24, 2.45) is 5.41 Å². The molecule has 2 fully saturated rings. The fraction of sp³-hybridized carbons (Fsp3) is 0.730. The molecule has 4 N–H and O–H groups in total. The molecule has 304 valence electrons. The lowest BCUT2D eigenvalue weighted by Gasteiger charge is -2.26. The first-order valence-electron chi connectivity index (χ1n) is 19.0. The highest BCUT2D eigenvalue weighted by Gasteiger charge is 2.42. The molecule has 6 rings (SSSR count). The highest BCUT2D eigenvalue weighted by atomic mass is 16.6. The Morgan fingerprint density at radius 2 is 1.06 bits per heavy atom. The third-order valence-corrected chi connectivity index (χ3v) is 8.01. The Balaban J connectivity index is 0.000000234. The van der Waals surface area contributed by atoms with Gasteiger partial charge in [-0.3, -0.25) is 18.7 Å². The molecule has 0 radical (unpaired) electrons. The molecular formula is C37H62N8O9. The molecule has 0 aromatic carbocycles. The molecule has 0 spiro atoms. The van der Waals surface area contributed by atoms with Gasteiger partial charge in [-0.15, -0.1) is 0 Å². The first-order chi connectivity index (χ1) is 25.7. The second kappa shape index (κ2) is 17.9. The van der Waals surface area contributed by atoms with Crippen molar-refractivity contribution in [1.29, 1.82) is 0 Å². The molecule has 0 bridgehead atoms. The number of nitrogens with one attached hydrogen (secondary N) is 2. The number of H-pyrrole nitrogens is 2. The quantitative estimate of drug-likeness (QED) is 0.229. The second-order valence-corrected chi connectivity index (χ2v) is 17.2. The van der Waals surface area contributed by atoms with Crippen molar-refractivity contribution >= 4 is 22.3 Å². The summed E-state index contributed by atoms with van der Waals surface area (Å²) in [5.74, 6) is 0. The molecule has 4 aromatic rings. The fourth-order valence-corrected chi connectivity index (χ4v) is 4.70. The lowest BCUT2D eigenvalue weighted by molar-refractivity contribution is -0.0983. The summed E-state index contributed by atoms with van der Waals surface area (Å²) in [4.78, 5) is 44.1. The van der Waals surface area contributed by atoms with Crippen molar-refractivity contribution in [3.8, 4) is 0 Å². The number of hydrogen-bond donors (Lipinski definition) is 4. The maximum absolute atomic E-state index is 11.7. The fourth-order valence-electron chi connectivity index (χ4n) is 4.70. The summed E-state index contributed by atoms with van der Waals surface area (Å²) in [5, 5.41) is 20.9. The van der Waals surface area contributed by atoms with Crippen LogP contribution in [0.1, 0.15) is 112 Å². The van der Waals surface area contributed by atoms with Crippen LogP contribution < -0.4 is 11.1 Å². The number of aliphatic hydroxyl groups excluding tert-OH is 2. The Morgan fingerprint density at radius 3 is 1.33 bits per heavy atom. The molecule has 6 heterocycles. The maximum atomic E-state index is 11.7.